The normalized spacial score (nSPS) is 11.0. The van der Waals surface area contributed by atoms with E-state index in [1.807, 2.05) is 6.92 Å². The lowest BCUT2D eigenvalue weighted by Gasteiger charge is -1.79. The predicted octanol–water partition coefficient (Wildman–Crippen LogP) is 0.273. The minimum absolute atomic E-state index is 0.292. The monoisotopic (exact) mass is 186 g/mol. The molecule has 0 aliphatic rings. The van der Waals surface area contributed by atoms with Gasteiger partial charge in [-0.1, -0.05) is 6.92 Å². The zero-order valence-corrected chi connectivity index (χ0v) is 7.19. The van der Waals surface area contributed by atoms with Crippen LogP contribution in [0.2, 0.25) is 0 Å². The van der Waals surface area contributed by atoms with Crippen molar-refractivity contribution in [2.75, 3.05) is 0 Å². The highest BCUT2D eigenvalue weighted by Gasteiger charge is 1.87. The van der Waals surface area contributed by atoms with Crippen molar-refractivity contribution >= 4 is 26.8 Å². The van der Waals surface area contributed by atoms with E-state index in [2.05, 4.69) is 11.2 Å². The number of hydrogen-bond acceptors (Lipinski definition) is 3. The van der Waals surface area contributed by atoms with E-state index in [0.29, 0.717) is 6.42 Å². The number of thiol groups is 1. The third-order valence-corrected chi connectivity index (χ3v) is 0.464. The van der Waals surface area contributed by atoms with Gasteiger partial charge in [-0.3, -0.25) is 4.79 Å². The minimum atomic E-state index is -2.29. The average Bonchev–Trinajstić information content (AvgIpc) is 1.62. The third-order valence-electron chi connectivity index (χ3n) is 0.464. The predicted molar refractivity (Wildman–Crippen MR) is 42.1 cm³/mol. The van der Waals surface area contributed by atoms with Gasteiger partial charge in [0, 0.05) is 17.6 Å². The first-order valence-electron chi connectivity index (χ1n) is 2.55. The molecule has 0 saturated carbocycles. The van der Waals surface area contributed by atoms with Crippen molar-refractivity contribution in [1.29, 1.82) is 0 Å². The van der Waals surface area contributed by atoms with E-state index in [9.17, 15) is 4.79 Å². The van der Waals surface area contributed by atoms with Crippen molar-refractivity contribution in [3.63, 3.8) is 0 Å². The topological polar surface area (TPSA) is 74.6 Å². The summed E-state index contributed by atoms with van der Waals surface area (Å²) in [6, 6.07) is 0. The van der Waals surface area contributed by atoms with Crippen LogP contribution in [0.25, 0.3) is 0 Å². The van der Waals surface area contributed by atoms with E-state index >= 15 is 0 Å². The molecule has 10 heavy (non-hydrogen) atoms. The Kier molecular flexibility index (Phi) is 11.0. The summed E-state index contributed by atoms with van der Waals surface area (Å²) in [4.78, 5) is 9.60. The van der Waals surface area contributed by atoms with Crippen LogP contribution >= 0.6 is 0 Å². The Balaban J connectivity index is 0. The molecular formula is C4H10O4S2. The van der Waals surface area contributed by atoms with Crippen LogP contribution in [0.3, 0.4) is 0 Å². The third kappa shape index (κ3) is 46.0. The molecule has 0 saturated heterocycles. The molecule has 0 heterocycles. The Morgan fingerprint density at radius 1 is 1.70 bits per heavy atom. The molecule has 0 radical (unpaired) electrons. The van der Waals surface area contributed by atoms with Gasteiger partial charge in [-0.25, -0.2) is 4.21 Å². The Morgan fingerprint density at radius 3 is 2.00 bits per heavy atom. The van der Waals surface area contributed by atoms with Crippen molar-refractivity contribution in [3.05, 3.63) is 0 Å². The maximum Gasteiger partial charge on any atom is 0.303 e. The second-order valence-corrected chi connectivity index (χ2v) is 2.79. The van der Waals surface area contributed by atoms with Crippen LogP contribution in [0.4, 0.5) is 0 Å². The first-order chi connectivity index (χ1) is 4.50. The second kappa shape index (κ2) is 8.80. The molecule has 1 unspecified atom stereocenters. The Morgan fingerprint density at radius 2 is 2.00 bits per heavy atom. The number of aliphatic carboxylic acids is 1. The van der Waals surface area contributed by atoms with Gasteiger partial charge in [0.2, 0.25) is 0 Å². The van der Waals surface area contributed by atoms with E-state index in [1.165, 1.54) is 0 Å². The largest absolute Gasteiger partial charge is 0.481 e. The van der Waals surface area contributed by atoms with E-state index in [0.717, 1.165) is 6.42 Å². The maximum absolute atomic E-state index is 9.60. The van der Waals surface area contributed by atoms with Crippen molar-refractivity contribution in [1.82, 2.24) is 0 Å². The highest BCUT2D eigenvalue weighted by atomic mass is 32.8. The summed E-state index contributed by atoms with van der Waals surface area (Å²) in [5.41, 5.74) is 0. The van der Waals surface area contributed by atoms with Gasteiger partial charge in [-0.15, -0.1) is 0 Å². The molecule has 0 aliphatic carbocycles. The van der Waals surface area contributed by atoms with Gasteiger partial charge < -0.3 is 9.66 Å². The molecule has 0 fully saturated rings. The van der Waals surface area contributed by atoms with Gasteiger partial charge in [0.05, 0.1) is 0 Å². The Bertz CT molecular complexity index is 143. The van der Waals surface area contributed by atoms with E-state index in [4.69, 9.17) is 13.9 Å². The zero-order chi connectivity index (χ0) is 8.57. The van der Waals surface area contributed by atoms with Crippen LogP contribution in [0, 0.1) is 0 Å². The van der Waals surface area contributed by atoms with Crippen molar-refractivity contribution in [3.8, 4) is 0 Å². The molecule has 0 spiro atoms. The Labute approximate surface area is 65.8 Å². The van der Waals surface area contributed by atoms with Crippen LogP contribution in [-0.2, 0) is 25.6 Å². The maximum atomic E-state index is 9.60. The first kappa shape index (κ1) is 12.5. The van der Waals surface area contributed by atoms with Crippen LogP contribution in [0.1, 0.15) is 19.8 Å². The average molecular weight is 186 g/mol. The minimum Gasteiger partial charge on any atom is -0.481 e. The number of hydrogen-bond donors (Lipinski definition) is 3. The summed E-state index contributed by atoms with van der Waals surface area (Å²) >= 11 is 3.69. The molecule has 4 nitrogen and oxygen atoms in total. The summed E-state index contributed by atoms with van der Waals surface area (Å²) in [7, 11) is -2.29. The number of carbonyl (C=O) groups is 1. The molecule has 62 valence electrons. The molecule has 6 heteroatoms. The molecule has 2 N–H and O–H groups in total. The van der Waals surface area contributed by atoms with Crippen molar-refractivity contribution < 1.29 is 18.7 Å². The smallest absolute Gasteiger partial charge is 0.303 e. The summed E-state index contributed by atoms with van der Waals surface area (Å²) in [5.74, 6) is -0.711. The summed E-state index contributed by atoms with van der Waals surface area (Å²) in [6.45, 7) is 1.84. The number of rotatable bonds is 2. The van der Waals surface area contributed by atoms with Crippen LogP contribution < -0.4 is 0 Å². The van der Waals surface area contributed by atoms with E-state index in [-0.39, 0.29) is 0 Å². The lowest BCUT2D eigenvalue weighted by Crippen LogP contribution is -1.90. The summed E-state index contributed by atoms with van der Waals surface area (Å²) in [6.07, 6.45) is 1.02. The highest BCUT2D eigenvalue weighted by Crippen LogP contribution is 1.82. The molecule has 0 amide bonds. The van der Waals surface area contributed by atoms with Gasteiger partial charge in [-0.2, -0.15) is 0 Å². The Hall–Kier alpha value is -0.200. The zero-order valence-electron chi connectivity index (χ0n) is 5.48. The lowest BCUT2D eigenvalue weighted by atomic mass is 10.4. The molecule has 0 bridgehead atoms. The van der Waals surface area contributed by atoms with E-state index < -0.39 is 15.6 Å². The number of carboxylic acid groups (broad SMARTS) is 1. The van der Waals surface area contributed by atoms with Crippen molar-refractivity contribution in [2.24, 2.45) is 0 Å². The van der Waals surface area contributed by atoms with Crippen LogP contribution in [-0.4, -0.2) is 19.8 Å². The van der Waals surface area contributed by atoms with Crippen molar-refractivity contribution in [2.45, 2.75) is 19.8 Å². The molecule has 1 atom stereocenters. The van der Waals surface area contributed by atoms with Gasteiger partial charge >= 0.3 is 5.97 Å². The SMILES string of the molecule is CCCC(=O)O.O=[SH](O)=S. The molecule has 0 aromatic carbocycles. The molecule has 0 rings (SSSR count). The molecule has 0 aromatic heterocycles. The van der Waals surface area contributed by atoms with Crippen LogP contribution in [0.15, 0.2) is 0 Å². The van der Waals surface area contributed by atoms with Gasteiger partial charge in [0.25, 0.3) is 0 Å². The quantitative estimate of drug-likeness (QED) is 0.540. The fourth-order valence-electron chi connectivity index (χ4n) is 0.214. The lowest BCUT2D eigenvalue weighted by molar-refractivity contribution is -0.137. The van der Waals surface area contributed by atoms with Gasteiger partial charge in [-0.05, 0) is 6.42 Å². The first-order valence-corrected chi connectivity index (χ1v) is 4.78. The van der Waals surface area contributed by atoms with Crippen LogP contribution in [0.5, 0.6) is 0 Å². The standard InChI is InChI=1S/C4H8O2.H2O2S2/c1-2-3-4(5)6;1-4(2)3/h2-3H2,1H3,(H,5,6);4H,(H,1,2,3). The molecular weight excluding hydrogens is 176 g/mol. The number of carboxylic acids is 1. The highest BCUT2D eigenvalue weighted by molar-refractivity contribution is 8.18. The second-order valence-electron chi connectivity index (χ2n) is 1.38. The molecule has 0 aromatic rings. The fourth-order valence-corrected chi connectivity index (χ4v) is 0.214. The van der Waals surface area contributed by atoms with Gasteiger partial charge in [0.1, 0.15) is 9.64 Å². The van der Waals surface area contributed by atoms with E-state index in [1.54, 1.807) is 0 Å². The molecule has 0 aliphatic heterocycles. The van der Waals surface area contributed by atoms with Gasteiger partial charge in [0.15, 0.2) is 0 Å². The summed E-state index contributed by atoms with van der Waals surface area (Å²) in [5, 5.41) is 7.91. The summed E-state index contributed by atoms with van der Waals surface area (Å²) < 4.78 is 16.3. The fraction of sp³-hybridized carbons (Fsp3) is 0.750.